The molecule has 16 heavy (non-hydrogen) atoms. The van der Waals surface area contributed by atoms with Crippen LogP contribution in [0.3, 0.4) is 0 Å². The van der Waals surface area contributed by atoms with E-state index in [0.717, 1.165) is 5.70 Å². The summed E-state index contributed by atoms with van der Waals surface area (Å²) in [5.74, 6) is 0.258. The molecule has 0 radical (unpaired) electrons. The highest BCUT2D eigenvalue weighted by Gasteiger charge is 2.07. The summed E-state index contributed by atoms with van der Waals surface area (Å²) in [6.45, 7) is 0. The molecule has 2 rings (SSSR count). The van der Waals surface area contributed by atoms with Crippen molar-refractivity contribution in [1.29, 1.82) is 5.26 Å². The minimum absolute atomic E-state index is 0.258. The van der Waals surface area contributed by atoms with E-state index in [-0.39, 0.29) is 5.82 Å². The summed E-state index contributed by atoms with van der Waals surface area (Å²) in [5, 5.41) is 12.7. The van der Waals surface area contributed by atoms with Crippen molar-refractivity contribution in [1.82, 2.24) is 14.8 Å². The Labute approximate surface area is 92.0 Å². The lowest BCUT2D eigenvalue weighted by Crippen LogP contribution is -2.03. The van der Waals surface area contributed by atoms with Gasteiger partial charge in [-0.05, 0) is 18.2 Å². The zero-order valence-electron chi connectivity index (χ0n) is 8.37. The molecule has 0 aromatic carbocycles. The molecule has 5 heteroatoms. The highest BCUT2D eigenvalue weighted by molar-refractivity contribution is 5.72. The van der Waals surface area contributed by atoms with E-state index < -0.39 is 0 Å². The van der Waals surface area contributed by atoms with Crippen LogP contribution in [0.15, 0.2) is 36.2 Å². The zero-order valence-corrected chi connectivity index (χ0v) is 8.37. The van der Waals surface area contributed by atoms with E-state index in [1.54, 1.807) is 18.2 Å². The summed E-state index contributed by atoms with van der Waals surface area (Å²) < 4.78 is 1.47. The van der Waals surface area contributed by atoms with Gasteiger partial charge in [0, 0.05) is 12.1 Å². The van der Waals surface area contributed by atoms with E-state index in [4.69, 9.17) is 5.26 Å². The fourth-order valence-corrected chi connectivity index (χ4v) is 1.40. The Kier molecular flexibility index (Phi) is 2.74. The maximum absolute atomic E-state index is 10.7. The van der Waals surface area contributed by atoms with Gasteiger partial charge in [-0.25, -0.2) is 9.67 Å². The van der Waals surface area contributed by atoms with Crippen LogP contribution in [0.4, 0.5) is 0 Å². The first-order valence-corrected chi connectivity index (χ1v) is 4.68. The lowest BCUT2D eigenvalue weighted by atomic mass is 10.2. The van der Waals surface area contributed by atoms with Crippen LogP contribution in [0.1, 0.15) is 17.0 Å². The molecule has 1 aliphatic rings. The first-order chi connectivity index (χ1) is 7.85. The van der Waals surface area contributed by atoms with E-state index in [1.807, 2.05) is 6.08 Å². The lowest BCUT2D eigenvalue weighted by molar-refractivity contribution is 0.111. The molecule has 0 unspecified atom stereocenters. The first kappa shape index (κ1) is 10.1. The molecule has 0 spiro atoms. The SMILES string of the molecule is N#CC1=CC=C(n2ncnc2C=O)CC=C1. The molecule has 1 aromatic rings. The summed E-state index contributed by atoms with van der Waals surface area (Å²) in [5.41, 5.74) is 1.38. The third-order valence-electron chi connectivity index (χ3n) is 2.16. The third-order valence-corrected chi connectivity index (χ3v) is 2.16. The van der Waals surface area contributed by atoms with Crippen molar-refractivity contribution < 1.29 is 4.79 Å². The topological polar surface area (TPSA) is 71.6 Å². The molecule has 1 heterocycles. The second-order valence-electron chi connectivity index (χ2n) is 3.15. The normalized spacial score (nSPS) is 14.7. The van der Waals surface area contributed by atoms with Crippen LogP contribution in [0, 0.1) is 11.3 Å². The van der Waals surface area contributed by atoms with Gasteiger partial charge in [0.05, 0.1) is 11.6 Å². The fraction of sp³-hybridized carbons (Fsp3) is 0.0909. The number of nitrogens with zero attached hydrogens (tertiary/aromatic N) is 4. The van der Waals surface area contributed by atoms with Gasteiger partial charge in [-0.1, -0.05) is 6.08 Å². The molecule has 0 saturated heterocycles. The molecule has 0 atom stereocenters. The second-order valence-corrected chi connectivity index (χ2v) is 3.15. The van der Waals surface area contributed by atoms with Crippen molar-refractivity contribution in [2.45, 2.75) is 6.42 Å². The van der Waals surface area contributed by atoms with Crippen molar-refractivity contribution in [3.05, 3.63) is 42.0 Å². The molecule has 1 aliphatic carbocycles. The van der Waals surface area contributed by atoms with Gasteiger partial charge in [0.15, 0.2) is 12.1 Å². The molecule has 78 valence electrons. The van der Waals surface area contributed by atoms with Crippen molar-refractivity contribution in [3.63, 3.8) is 0 Å². The maximum Gasteiger partial charge on any atom is 0.195 e. The quantitative estimate of drug-likeness (QED) is 0.693. The molecule has 0 saturated carbocycles. The zero-order chi connectivity index (χ0) is 11.4. The standard InChI is InChI=1S/C11H8N4O/c12-6-9-2-1-3-10(5-4-9)15-11(7-16)13-8-14-15/h1-2,4-5,7-8H,3H2. The van der Waals surface area contributed by atoms with E-state index in [9.17, 15) is 4.79 Å². The fourth-order valence-electron chi connectivity index (χ4n) is 1.40. The molecule has 5 nitrogen and oxygen atoms in total. The third kappa shape index (κ3) is 1.81. The average molecular weight is 212 g/mol. The Morgan fingerprint density at radius 1 is 1.50 bits per heavy atom. The summed E-state index contributed by atoms with van der Waals surface area (Å²) in [4.78, 5) is 14.5. The highest BCUT2D eigenvalue weighted by Crippen LogP contribution is 2.15. The predicted octanol–water partition coefficient (Wildman–Crippen LogP) is 1.34. The second kappa shape index (κ2) is 4.36. The minimum atomic E-state index is 0.258. The van der Waals surface area contributed by atoms with E-state index in [2.05, 4.69) is 16.2 Å². The highest BCUT2D eigenvalue weighted by atomic mass is 16.1. The lowest BCUT2D eigenvalue weighted by Gasteiger charge is -2.03. The van der Waals surface area contributed by atoms with Crippen molar-refractivity contribution in [2.75, 3.05) is 0 Å². The molecule has 0 aliphatic heterocycles. The summed E-state index contributed by atoms with van der Waals surface area (Å²) >= 11 is 0. The van der Waals surface area contributed by atoms with Gasteiger partial charge < -0.3 is 0 Å². The monoisotopic (exact) mass is 212 g/mol. The first-order valence-electron chi connectivity index (χ1n) is 4.68. The molecule has 0 bridgehead atoms. The Morgan fingerprint density at radius 2 is 2.38 bits per heavy atom. The summed E-state index contributed by atoms with van der Waals surface area (Å²) in [7, 11) is 0. The van der Waals surface area contributed by atoms with Gasteiger partial charge in [-0.15, -0.1) is 0 Å². The molecule has 1 aromatic heterocycles. The Morgan fingerprint density at radius 3 is 3.12 bits per heavy atom. The van der Waals surface area contributed by atoms with E-state index >= 15 is 0 Å². The van der Waals surface area contributed by atoms with Crippen LogP contribution in [0.2, 0.25) is 0 Å². The van der Waals surface area contributed by atoms with Gasteiger partial charge >= 0.3 is 0 Å². The van der Waals surface area contributed by atoms with Crippen LogP contribution in [-0.4, -0.2) is 21.1 Å². The van der Waals surface area contributed by atoms with Crippen molar-refractivity contribution in [3.8, 4) is 6.07 Å². The number of hydrogen-bond donors (Lipinski definition) is 0. The number of hydrogen-bond acceptors (Lipinski definition) is 4. The van der Waals surface area contributed by atoms with Gasteiger partial charge in [0.1, 0.15) is 6.33 Å². The number of carbonyl (C=O) groups is 1. The van der Waals surface area contributed by atoms with Crippen LogP contribution in [-0.2, 0) is 0 Å². The number of rotatable bonds is 2. The largest absolute Gasteiger partial charge is 0.294 e. The number of allylic oxidation sites excluding steroid dienone is 6. The molecule has 0 fully saturated rings. The van der Waals surface area contributed by atoms with Gasteiger partial charge in [0.2, 0.25) is 0 Å². The Hall–Kier alpha value is -2.48. The number of carbonyl (C=O) groups excluding carboxylic acids is 1. The van der Waals surface area contributed by atoms with E-state index in [0.29, 0.717) is 18.3 Å². The Bertz CT molecular complexity index is 543. The number of nitriles is 1. The van der Waals surface area contributed by atoms with Crippen LogP contribution in [0.25, 0.3) is 5.70 Å². The molecule has 0 amide bonds. The Balaban J connectivity index is 2.40. The van der Waals surface area contributed by atoms with Crippen LogP contribution in [0.5, 0.6) is 0 Å². The van der Waals surface area contributed by atoms with E-state index in [1.165, 1.54) is 11.0 Å². The molecule has 0 N–H and O–H groups in total. The smallest absolute Gasteiger partial charge is 0.195 e. The van der Waals surface area contributed by atoms with Crippen LogP contribution < -0.4 is 0 Å². The minimum Gasteiger partial charge on any atom is -0.294 e. The van der Waals surface area contributed by atoms with Crippen molar-refractivity contribution in [2.24, 2.45) is 0 Å². The predicted molar refractivity (Wildman–Crippen MR) is 57.1 cm³/mol. The molecular weight excluding hydrogens is 204 g/mol. The molecular formula is C11H8N4O. The van der Waals surface area contributed by atoms with Gasteiger partial charge in [0.25, 0.3) is 0 Å². The average Bonchev–Trinajstić information content (AvgIpc) is 2.66. The van der Waals surface area contributed by atoms with Crippen molar-refractivity contribution >= 4 is 12.0 Å². The van der Waals surface area contributed by atoms with Gasteiger partial charge in [-0.2, -0.15) is 10.4 Å². The summed E-state index contributed by atoms with van der Waals surface area (Å²) in [6.07, 6.45) is 9.62. The maximum atomic E-state index is 10.7. The number of aldehydes is 1. The summed E-state index contributed by atoms with van der Waals surface area (Å²) in [6, 6.07) is 2.05. The number of aromatic nitrogens is 3. The van der Waals surface area contributed by atoms with Gasteiger partial charge in [-0.3, -0.25) is 4.79 Å². The van der Waals surface area contributed by atoms with Crippen LogP contribution >= 0.6 is 0 Å².